The smallest absolute Gasteiger partial charge is 0.307 e. The molecule has 1 aromatic heterocycles. The minimum absolute atomic E-state index is 0.0234. The van der Waals surface area contributed by atoms with Crippen LogP contribution >= 0.6 is 0 Å². The fraction of sp³-hybridized carbons (Fsp3) is 0.462. The van der Waals surface area contributed by atoms with E-state index in [2.05, 4.69) is 9.72 Å². The van der Waals surface area contributed by atoms with E-state index in [9.17, 15) is 9.59 Å². The molecule has 98 valence electrons. The zero-order chi connectivity index (χ0) is 13.5. The van der Waals surface area contributed by atoms with Crippen molar-refractivity contribution in [2.45, 2.75) is 26.3 Å². The first kappa shape index (κ1) is 14.2. The van der Waals surface area contributed by atoms with Gasteiger partial charge in [-0.15, -0.1) is 0 Å². The molecule has 0 bridgehead atoms. The number of carbonyl (C=O) groups excluding carboxylic acids is 2. The molecule has 1 aromatic rings. The van der Waals surface area contributed by atoms with Crippen molar-refractivity contribution in [2.75, 3.05) is 13.7 Å². The number of nitrogens with zero attached hydrogens (tertiary/aromatic N) is 2. The Kier molecular flexibility index (Phi) is 5.30. The van der Waals surface area contributed by atoms with E-state index in [-0.39, 0.29) is 24.3 Å². The normalized spacial score (nSPS) is 10.2. The Balaban J connectivity index is 2.73. The first-order valence-electron chi connectivity index (χ1n) is 5.84. The van der Waals surface area contributed by atoms with E-state index < -0.39 is 0 Å². The molecule has 0 aliphatic heterocycles. The minimum Gasteiger partial charge on any atom is -0.469 e. The summed E-state index contributed by atoms with van der Waals surface area (Å²) in [5.41, 5.74) is 0.573. The molecular weight excluding hydrogens is 232 g/mol. The summed E-state index contributed by atoms with van der Waals surface area (Å²) >= 11 is 0. The van der Waals surface area contributed by atoms with Crippen LogP contribution in [0.2, 0.25) is 0 Å². The van der Waals surface area contributed by atoms with E-state index in [4.69, 9.17) is 0 Å². The number of ether oxygens (including phenoxy) is 1. The minimum atomic E-state index is -0.317. The Morgan fingerprint density at radius 2 is 1.94 bits per heavy atom. The van der Waals surface area contributed by atoms with Crippen molar-refractivity contribution in [2.24, 2.45) is 0 Å². The third kappa shape index (κ3) is 3.84. The Hall–Kier alpha value is -1.91. The van der Waals surface area contributed by atoms with E-state index in [0.717, 1.165) is 0 Å². The fourth-order valence-corrected chi connectivity index (χ4v) is 1.57. The third-order valence-corrected chi connectivity index (χ3v) is 2.60. The molecule has 0 saturated heterocycles. The van der Waals surface area contributed by atoms with E-state index in [0.29, 0.717) is 12.1 Å². The molecule has 0 N–H and O–H groups in total. The Labute approximate surface area is 107 Å². The SMILES string of the molecule is COC(=O)CCN(C(=O)c1ccncc1)C(C)C. The predicted octanol–water partition coefficient (Wildman–Crippen LogP) is 1.50. The second-order valence-electron chi connectivity index (χ2n) is 4.15. The number of carbonyl (C=O) groups is 2. The topological polar surface area (TPSA) is 59.5 Å². The first-order valence-corrected chi connectivity index (χ1v) is 5.84. The van der Waals surface area contributed by atoms with Gasteiger partial charge in [0, 0.05) is 30.5 Å². The van der Waals surface area contributed by atoms with Crippen LogP contribution in [-0.4, -0.2) is 41.5 Å². The first-order chi connectivity index (χ1) is 8.56. The summed E-state index contributed by atoms with van der Waals surface area (Å²) in [5.74, 6) is -0.417. The van der Waals surface area contributed by atoms with Gasteiger partial charge in [-0.1, -0.05) is 0 Å². The Morgan fingerprint density at radius 1 is 1.33 bits per heavy atom. The van der Waals surface area contributed by atoms with Gasteiger partial charge in [0.1, 0.15) is 0 Å². The van der Waals surface area contributed by atoms with Crippen LogP contribution in [-0.2, 0) is 9.53 Å². The summed E-state index contributed by atoms with van der Waals surface area (Å²) in [5, 5.41) is 0. The molecule has 0 radical (unpaired) electrons. The molecular formula is C13H18N2O3. The van der Waals surface area contributed by atoms with Crippen LogP contribution in [0.1, 0.15) is 30.6 Å². The molecule has 0 fully saturated rings. The highest BCUT2D eigenvalue weighted by atomic mass is 16.5. The summed E-state index contributed by atoms with van der Waals surface area (Å²) < 4.78 is 4.58. The van der Waals surface area contributed by atoms with E-state index in [1.807, 2.05) is 13.8 Å². The van der Waals surface area contributed by atoms with Crippen molar-refractivity contribution in [3.05, 3.63) is 30.1 Å². The van der Waals surface area contributed by atoms with Gasteiger partial charge in [0.25, 0.3) is 5.91 Å². The molecule has 1 amide bonds. The van der Waals surface area contributed by atoms with Crippen molar-refractivity contribution >= 4 is 11.9 Å². The van der Waals surface area contributed by atoms with Crippen LogP contribution in [0.25, 0.3) is 0 Å². The van der Waals surface area contributed by atoms with Gasteiger partial charge in [-0.2, -0.15) is 0 Å². The number of hydrogen-bond acceptors (Lipinski definition) is 4. The summed E-state index contributed by atoms with van der Waals surface area (Å²) in [6.45, 7) is 4.18. The van der Waals surface area contributed by atoms with Gasteiger partial charge in [0.2, 0.25) is 0 Å². The second kappa shape index (κ2) is 6.74. The van der Waals surface area contributed by atoms with Crippen LogP contribution < -0.4 is 0 Å². The highest BCUT2D eigenvalue weighted by Gasteiger charge is 2.19. The summed E-state index contributed by atoms with van der Waals surface area (Å²) in [4.78, 5) is 28.9. The molecule has 1 rings (SSSR count). The largest absolute Gasteiger partial charge is 0.469 e. The van der Waals surface area contributed by atoms with Gasteiger partial charge in [-0.25, -0.2) is 0 Å². The van der Waals surface area contributed by atoms with Crippen LogP contribution in [0.3, 0.4) is 0 Å². The van der Waals surface area contributed by atoms with Crippen LogP contribution in [0.5, 0.6) is 0 Å². The van der Waals surface area contributed by atoms with E-state index >= 15 is 0 Å². The van der Waals surface area contributed by atoms with Gasteiger partial charge in [0.05, 0.1) is 13.5 Å². The van der Waals surface area contributed by atoms with Gasteiger partial charge in [-0.05, 0) is 26.0 Å². The van der Waals surface area contributed by atoms with Gasteiger partial charge >= 0.3 is 5.97 Å². The zero-order valence-electron chi connectivity index (χ0n) is 10.9. The summed E-state index contributed by atoms with van der Waals surface area (Å²) in [6.07, 6.45) is 3.35. The fourth-order valence-electron chi connectivity index (χ4n) is 1.57. The highest BCUT2D eigenvalue weighted by molar-refractivity contribution is 5.94. The van der Waals surface area contributed by atoms with Crippen molar-refractivity contribution < 1.29 is 14.3 Å². The Bertz CT molecular complexity index is 404. The van der Waals surface area contributed by atoms with Crippen molar-refractivity contribution in [3.63, 3.8) is 0 Å². The molecule has 0 aromatic carbocycles. The van der Waals surface area contributed by atoms with E-state index in [1.54, 1.807) is 29.4 Å². The summed E-state index contributed by atoms with van der Waals surface area (Å²) in [7, 11) is 1.34. The lowest BCUT2D eigenvalue weighted by atomic mass is 10.2. The molecule has 5 heteroatoms. The molecule has 0 saturated carbocycles. The zero-order valence-corrected chi connectivity index (χ0v) is 10.9. The standard InChI is InChI=1S/C13H18N2O3/c1-10(2)15(9-6-12(16)18-3)13(17)11-4-7-14-8-5-11/h4-5,7-8,10H,6,9H2,1-3H3. The molecule has 0 spiro atoms. The molecule has 0 atom stereocenters. The van der Waals surface area contributed by atoms with Crippen LogP contribution in [0, 0.1) is 0 Å². The van der Waals surface area contributed by atoms with Gasteiger partial charge in [0.15, 0.2) is 0 Å². The van der Waals surface area contributed by atoms with Gasteiger partial charge < -0.3 is 9.64 Å². The number of rotatable bonds is 5. The Morgan fingerprint density at radius 3 is 2.44 bits per heavy atom. The van der Waals surface area contributed by atoms with Crippen LogP contribution in [0.15, 0.2) is 24.5 Å². The third-order valence-electron chi connectivity index (χ3n) is 2.60. The second-order valence-corrected chi connectivity index (χ2v) is 4.15. The lowest BCUT2D eigenvalue weighted by Gasteiger charge is -2.26. The van der Waals surface area contributed by atoms with Crippen molar-refractivity contribution in [1.82, 2.24) is 9.88 Å². The average molecular weight is 250 g/mol. The predicted molar refractivity (Wildman–Crippen MR) is 67.0 cm³/mol. The molecule has 0 unspecified atom stereocenters. The molecule has 1 heterocycles. The van der Waals surface area contributed by atoms with E-state index in [1.165, 1.54) is 7.11 Å². The number of aromatic nitrogens is 1. The molecule has 0 aliphatic carbocycles. The van der Waals surface area contributed by atoms with Gasteiger partial charge in [-0.3, -0.25) is 14.6 Å². The van der Waals surface area contributed by atoms with Crippen molar-refractivity contribution in [3.8, 4) is 0 Å². The molecule has 0 aliphatic rings. The average Bonchev–Trinajstić information content (AvgIpc) is 2.39. The number of amides is 1. The maximum absolute atomic E-state index is 12.2. The monoisotopic (exact) mass is 250 g/mol. The lowest BCUT2D eigenvalue weighted by Crippen LogP contribution is -2.38. The summed E-state index contributed by atoms with van der Waals surface area (Å²) in [6, 6.07) is 3.35. The number of pyridine rings is 1. The van der Waals surface area contributed by atoms with Crippen molar-refractivity contribution in [1.29, 1.82) is 0 Å². The molecule has 18 heavy (non-hydrogen) atoms. The maximum Gasteiger partial charge on any atom is 0.307 e. The lowest BCUT2D eigenvalue weighted by molar-refractivity contribution is -0.140. The number of hydrogen-bond donors (Lipinski definition) is 0. The maximum atomic E-state index is 12.2. The number of methoxy groups -OCH3 is 1. The number of esters is 1. The highest BCUT2D eigenvalue weighted by Crippen LogP contribution is 2.08. The quantitative estimate of drug-likeness (QED) is 0.743. The van der Waals surface area contributed by atoms with Crippen LogP contribution in [0.4, 0.5) is 0 Å². The molecule has 5 nitrogen and oxygen atoms in total.